The van der Waals surface area contributed by atoms with E-state index >= 15 is 0 Å². The first-order valence-electron chi connectivity index (χ1n) is 8.73. The Balaban J connectivity index is 2.60. The van der Waals surface area contributed by atoms with Gasteiger partial charge in [0.25, 0.3) is 0 Å². The standard InChI is InChI=1S/C20H28O4/c1-4-6-8-9-11-16(3)24-20(22)18-13-10-12-17(15-18)19(21)23-14-7-5-2/h9-13,15-16H,4-8,14H2,1-3H3/b11-9+. The summed E-state index contributed by atoms with van der Waals surface area (Å²) < 4.78 is 10.5. The number of rotatable bonds is 10. The Bertz CT molecular complexity index is 548. The zero-order chi connectivity index (χ0) is 17.8. The molecule has 0 bridgehead atoms. The maximum Gasteiger partial charge on any atom is 0.338 e. The molecule has 0 N–H and O–H groups in total. The maximum atomic E-state index is 12.2. The number of ether oxygens (including phenoxy) is 2. The fourth-order valence-electron chi connectivity index (χ4n) is 2.05. The van der Waals surface area contributed by atoms with Crippen LogP contribution >= 0.6 is 0 Å². The summed E-state index contributed by atoms with van der Waals surface area (Å²) in [7, 11) is 0. The van der Waals surface area contributed by atoms with Gasteiger partial charge in [-0.2, -0.15) is 0 Å². The first kappa shape index (κ1) is 19.9. The van der Waals surface area contributed by atoms with Gasteiger partial charge in [0.05, 0.1) is 17.7 Å². The average molecular weight is 332 g/mol. The van der Waals surface area contributed by atoms with Crippen LogP contribution in [0.25, 0.3) is 0 Å². The van der Waals surface area contributed by atoms with Gasteiger partial charge in [0.15, 0.2) is 0 Å². The van der Waals surface area contributed by atoms with Crippen molar-refractivity contribution >= 4 is 11.9 Å². The van der Waals surface area contributed by atoms with Gasteiger partial charge >= 0.3 is 11.9 Å². The third-order valence-electron chi connectivity index (χ3n) is 3.49. The molecule has 0 heterocycles. The molecule has 0 aliphatic carbocycles. The molecule has 132 valence electrons. The topological polar surface area (TPSA) is 52.6 Å². The Kier molecular flexibility index (Phi) is 9.51. The van der Waals surface area contributed by atoms with Gasteiger partial charge in [0.2, 0.25) is 0 Å². The highest BCUT2D eigenvalue weighted by molar-refractivity contribution is 5.95. The van der Waals surface area contributed by atoms with Gasteiger partial charge in [-0.15, -0.1) is 0 Å². The molecule has 0 saturated heterocycles. The molecule has 0 fully saturated rings. The number of allylic oxidation sites excluding steroid dienone is 1. The second-order valence-electron chi connectivity index (χ2n) is 5.75. The lowest BCUT2D eigenvalue weighted by molar-refractivity contribution is 0.0424. The summed E-state index contributed by atoms with van der Waals surface area (Å²) >= 11 is 0. The highest BCUT2D eigenvalue weighted by Gasteiger charge is 2.14. The summed E-state index contributed by atoms with van der Waals surface area (Å²) in [6.07, 6.45) is 8.66. The number of benzene rings is 1. The molecule has 1 rings (SSSR count). The summed E-state index contributed by atoms with van der Waals surface area (Å²) in [5.74, 6) is -0.851. The van der Waals surface area contributed by atoms with Crippen LogP contribution in [0.3, 0.4) is 0 Å². The normalized spacial score (nSPS) is 12.1. The minimum Gasteiger partial charge on any atom is -0.462 e. The van der Waals surface area contributed by atoms with E-state index < -0.39 is 11.9 Å². The highest BCUT2D eigenvalue weighted by atomic mass is 16.5. The highest BCUT2D eigenvalue weighted by Crippen LogP contribution is 2.10. The molecule has 0 aromatic heterocycles. The fraction of sp³-hybridized carbons (Fsp3) is 0.500. The zero-order valence-corrected chi connectivity index (χ0v) is 14.9. The second-order valence-corrected chi connectivity index (χ2v) is 5.75. The van der Waals surface area contributed by atoms with E-state index in [9.17, 15) is 9.59 Å². The van der Waals surface area contributed by atoms with E-state index in [1.807, 2.05) is 26.0 Å². The van der Waals surface area contributed by atoms with Gasteiger partial charge < -0.3 is 9.47 Å². The Hall–Kier alpha value is -2.10. The van der Waals surface area contributed by atoms with Gasteiger partial charge in [-0.25, -0.2) is 9.59 Å². The molecule has 1 unspecified atom stereocenters. The Morgan fingerprint density at radius 3 is 2.42 bits per heavy atom. The van der Waals surface area contributed by atoms with E-state index in [4.69, 9.17) is 9.47 Å². The van der Waals surface area contributed by atoms with E-state index in [1.165, 1.54) is 6.07 Å². The molecule has 0 spiro atoms. The third-order valence-corrected chi connectivity index (χ3v) is 3.49. The van der Waals surface area contributed by atoms with Crippen LogP contribution in [0.1, 0.15) is 73.6 Å². The summed E-state index contributed by atoms with van der Waals surface area (Å²) in [6, 6.07) is 6.46. The monoisotopic (exact) mass is 332 g/mol. The largest absolute Gasteiger partial charge is 0.462 e. The molecule has 1 aromatic rings. The van der Waals surface area contributed by atoms with Crippen molar-refractivity contribution in [3.63, 3.8) is 0 Å². The molecular formula is C20H28O4. The van der Waals surface area contributed by atoms with Crippen LogP contribution in [0.2, 0.25) is 0 Å². The van der Waals surface area contributed by atoms with Crippen molar-refractivity contribution in [2.24, 2.45) is 0 Å². The van der Waals surface area contributed by atoms with E-state index in [0.29, 0.717) is 17.7 Å². The summed E-state index contributed by atoms with van der Waals surface area (Å²) in [4.78, 5) is 24.1. The van der Waals surface area contributed by atoms with Crippen molar-refractivity contribution in [1.82, 2.24) is 0 Å². The maximum absolute atomic E-state index is 12.2. The Morgan fingerprint density at radius 1 is 1.08 bits per heavy atom. The van der Waals surface area contributed by atoms with Crippen molar-refractivity contribution in [2.45, 2.75) is 59.0 Å². The number of carbonyl (C=O) groups is 2. The minimum absolute atomic E-state index is 0.297. The molecule has 0 aliphatic rings. The Labute approximate surface area is 144 Å². The second kappa shape index (κ2) is 11.4. The van der Waals surface area contributed by atoms with Crippen molar-refractivity contribution in [3.05, 3.63) is 47.5 Å². The lowest BCUT2D eigenvalue weighted by Crippen LogP contribution is -2.14. The van der Waals surface area contributed by atoms with Crippen LogP contribution in [-0.4, -0.2) is 24.6 Å². The fourth-order valence-corrected chi connectivity index (χ4v) is 2.05. The first-order chi connectivity index (χ1) is 11.6. The minimum atomic E-state index is -0.439. The zero-order valence-electron chi connectivity index (χ0n) is 14.9. The van der Waals surface area contributed by atoms with Crippen molar-refractivity contribution in [1.29, 1.82) is 0 Å². The average Bonchev–Trinajstić information content (AvgIpc) is 2.59. The van der Waals surface area contributed by atoms with Crippen molar-refractivity contribution in [3.8, 4) is 0 Å². The van der Waals surface area contributed by atoms with E-state index in [-0.39, 0.29) is 6.10 Å². The van der Waals surface area contributed by atoms with E-state index in [1.54, 1.807) is 18.2 Å². The predicted octanol–water partition coefficient (Wildman–Crippen LogP) is 4.94. The summed E-state index contributed by atoms with van der Waals surface area (Å²) in [6.45, 7) is 6.38. The molecule has 4 nitrogen and oxygen atoms in total. The molecule has 1 aromatic carbocycles. The lowest BCUT2D eigenvalue weighted by atomic mass is 10.1. The van der Waals surface area contributed by atoms with Crippen LogP contribution in [-0.2, 0) is 9.47 Å². The van der Waals surface area contributed by atoms with Gasteiger partial charge in [0, 0.05) is 0 Å². The molecule has 0 saturated carbocycles. The van der Waals surface area contributed by atoms with Crippen LogP contribution in [0.5, 0.6) is 0 Å². The number of hydrogen-bond acceptors (Lipinski definition) is 4. The molecule has 0 amide bonds. The van der Waals surface area contributed by atoms with Gasteiger partial charge in [0.1, 0.15) is 6.10 Å². The van der Waals surface area contributed by atoms with Crippen molar-refractivity contribution < 1.29 is 19.1 Å². The van der Waals surface area contributed by atoms with Gasteiger partial charge in [-0.05, 0) is 44.0 Å². The molecule has 0 radical (unpaired) electrons. The van der Waals surface area contributed by atoms with Crippen molar-refractivity contribution in [2.75, 3.05) is 6.61 Å². The number of carbonyl (C=O) groups excluding carboxylic acids is 2. The van der Waals surface area contributed by atoms with Crippen LogP contribution in [0, 0.1) is 0 Å². The molecule has 0 aliphatic heterocycles. The van der Waals surface area contributed by atoms with Gasteiger partial charge in [-0.1, -0.05) is 45.3 Å². The number of unbranched alkanes of at least 4 members (excludes halogenated alkanes) is 3. The number of esters is 2. The third kappa shape index (κ3) is 7.44. The van der Waals surface area contributed by atoms with Crippen LogP contribution in [0.15, 0.2) is 36.4 Å². The molecule has 4 heteroatoms. The number of hydrogen-bond donors (Lipinski definition) is 0. The predicted molar refractivity (Wildman–Crippen MR) is 95.2 cm³/mol. The molecular weight excluding hydrogens is 304 g/mol. The molecule has 24 heavy (non-hydrogen) atoms. The summed E-state index contributed by atoms with van der Waals surface area (Å²) in [5.41, 5.74) is 0.723. The molecule has 1 atom stereocenters. The van der Waals surface area contributed by atoms with Gasteiger partial charge in [-0.3, -0.25) is 0 Å². The quantitative estimate of drug-likeness (QED) is 0.346. The first-order valence-corrected chi connectivity index (χ1v) is 8.73. The SMILES string of the molecule is CCCC/C=C/C(C)OC(=O)c1cccc(C(=O)OCCCC)c1. The van der Waals surface area contributed by atoms with E-state index in [0.717, 1.165) is 32.1 Å². The van der Waals surface area contributed by atoms with E-state index in [2.05, 4.69) is 6.92 Å². The Morgan fingerprint density at radius 2 is 1.75 bits per heavy atom. The smallest absolute Gasteiger partial charge is 0.338 e. The lowest BCUT2D eigenvalue weighted by Gasteiger charge is -2.10. The summed E-state index contributed by atoms with van der Waals surface area (Å²) in [5, 5.41) is 0. The van der Waals surface area contributed by atoms with Crippen LogP contribution in [0.4, 0.5) is 0 Å². The van der Waals surface area contributed by atoms with Crippen LogP contribution < -0.4 is 0 Å².